The van der Waals surface area contributed by atoms with Crippen LogP contribution in [0, 0.1) is 0 Å². The molecular weight excluding hydrogens is 380 g/mol. The standard InChI is InChI=1S/C24H28N2O2S/c1-17(23-9-5-7-19-6-3-4-8-24(19)23)25-22-15-12-20(16-22)18-10-13-21(14-11-18)26-29(2,27)28/h3-11,13-14,17,20,22,25-26H,12,15-16H2,1-2H3. The number of benzene rings is 3. The molecule has 3 unspecified atom stereocenters. The van der Waals surface area contributed by atoms with Crippen molar-refractivity contribution in [2.24, 2.45) is 0 Å². The summed E-state index contributed by atoms with van der Waals surface area (Å²) in [6.07, 6.45) is 4.58. The van der Waals surface area contributed by atoms with Gasteiger partial charge in [0.1, 0.15) is 0 Å². The first kappa shape index (κ1) is 19.9. The summed E-state index contributed by atoms with van der Waals surface area (Å²) in [6, 6.07) is 23.7. The van der Waals surface area contributed by atoms with Crippen LogP contribution in [0.5, 0.6) is 0 Å². The van der Waals surface area contributed by atoms with Crippen molar-refractivity contribution in [2.75, 3.05) is 11.0 Å². The predicted molar refractivity (Wildman–Crippen MR) is 121 cm³/mol. The van der Waals surface area contributed by atoms with Crippen LogP contribution in [-0.4, -0.2) is 20.7 Å². The zero-order valence-corrected chi connectivity index (χ0v) is 17.7. The Hall–Kier alpha value is -2.37. The van der Waals surface area contributed by atoms with Crippen molar-refractivity contribution in [3.05, 3.63) is 77.9 Å². The molecule has 0 aliphatic heterocycles. The van der Waals surface area contributed by atoms with Gasteiger partial charge in [0.15, 0.2) is 0 Å². The van der Waals surface area contributed by atoms with Crippen LogP contribution in [0.2, 0.25) is 0 Å². The third kappa shape index (κ3) is 4.80. The zero-order chi connectivity index (χ0) is 20.4. The topological polar surface area (TPSA) is 58.2 Å². The quantitative estimate of drug-likeness (QED) is 0.589. The molecule has 152 valence electrons. The fourth-order valence-electron chi connectivity index (χ4n) is 4.54. The summed E-state index contributed by atoms with van der Waals surface area (Å²) >= 11 is 0. The van der Waals surface area contributed by atoms with Gasteiger partial charge < -0.3 is 5.32 Å². The summed E-state index contributed by atoms with van der Waals surface area (Å²) in [4.78, 5) is 0. The average Bonchev–Trinajstić information content (AvgIpc) is 3.15. The number of anilines is 1. The van der Waals surface area contributed by atoms with Crippen molar-refractivity contribution >= 4 is 26.5 Å². The molecular formula is C24H28N2O2S. The molecule has 1 fully saturated rings. The van der Waals surface area contributed by atoms with Gasteiger partial charge in [-0.15, -0.1) is 0 Å². The first-order valence-corrected chi connectivity index (χ1v) is 12.1. The SMILES string of the molecule is CC(NC1CCC(c2ccc(NS(C)(=O)=O)cc2)C1)c1cccc2ccccc12. The summed E-state index contributed by atoms with van der Waals surface area (Å²) in [5.41, 5.74) is 3.25. The Morgan fingerprint density at radius 3 is 2.41 bits per heavy atom. The minimum Gasteiger partial charge on any atom is -0.307 e. The molecule has 0 saturated heterocycles. The second-order valence-electron chi connectivity index (χ2n) is 8.16. The minimum atomic E-state index is -3.23. The lowest BCUT2D eigenvalue weighted by atomic mass is 9.96. The van der Waals surface area contributed by atoms with Gasteiger partial charge in [-0.1, -0.05) is 54.6 Å². The van der Waals surface area contributed by atoms with Crippen LogP contribution in [0.15, 0.2) is 66.7 Å². The van der Waals surface area contributed by atoms with E-state index >= 15 is 0 Å². The molecule has 1 aliphatic rings. The second kappa shape index (κ2) is 8.17. The molecule has 0 heterocycles. The van der Waals surface area contributed by atoms with Crippen molar-refractivity contribution < 1.29 is 8.42 Å². The van der Waals surface area contributed by atoms with Gasteiger partial charge >= 0.3 is 0 Å². The van der Waals surface area contributed by atoms with Gasteiger partial charge in [-0.2, -0.15) is 0 Å². The summed E-state index contributed by atoms with van der Waals surface area (Å²) in [7, 11) is -3.23. The van der Waals surface area contributed by atoms with Crippen molar-refractivity contribution in [1.29, 1.82) is 0 Å². The van der Waals surface area contributed by atoms with Gasteiger partial charge in [0.2, 0.25) is 10.0 Å². The van der Waals surface area contributed by atoms with E-state index in [-0.39, 0.29) is 0 Å². The highest BCUT2D eigenvalue weighted by molar-refractivity contribution is 7.92. The number of fused-ring (bicyclic) bond motifs is 1. The number of rotatable bonds is 6. The highest BCUT2D eigenvalue weighted by atomic mass is 32.2. The number of nitrogens with one attached hydrogen (secondary N) is 2. The molecule has 4 nitrogen and oxygen atoms in total. The molecule has 0 aromatic heterocycles. The smallest absolute Gasteiger partial charge is 0.229 e. The zero-order valence-electron chi connectivity index (χ0n) is 16.9. The van der Waals surface area contributed by atoms with Crippen LogP contribution in [0.3, 0.4) is 0 Å². The molecule has 1 aliphatic carbocycles. The van der Waals surface area contributed by atoms with Crippen molar-refractivity contribution in [3.63, 3.8) is 0 Å². The van der Waals surface area contributed by atoms with Crippen LogP contribution in [0.4, 0.5) is 5.69 Å². The van der Waals surface area contributed by atoms with E-state index in [4.69, 9.17) is 0 Å². The summed E-state index contributed by atoms with van der Waals surface area (Å²) in [5, 5.41) is 6.44. The highest BCUT2D eigenvalue weighted by Gasteiger charge is 2.27. The second-order valence-corrected chi connectivity index (χ2v) is 9.91. The molecule has 1 saturated carbocycles. The lowest BCUT2D eigenvalue weighted by Gasteiger charge is -2.21. The van der Waals surface area contributed by atoms with Gasteiger partial charge in [0, 0.05) is 17.8 Å². The number of hydrogen-bond donors (Lipinski definition) is 2. The summed E-state index contributed by atoms with van der Waals surface area (Å²) < 4.78 is 25.3. The lowest BCUT2D eigenvalue weighted by molar-refractivity contribution is 0.459. The maximum Gasteiger partial charge on any atom is 0.229 e. The molecule has 3 aromatic rings. The lowest BCUT2D eigenvalue weighted by Crippen LogP contribution is -2.29. The molecule has 0 radical (unpaired) electrons. The van der Waals surface area contributed by atoms with Gasteiger partial charge in [-0.05, 0) is 66.1 Å². The molecule has 4 rings (SSSR count). The van der Waals surface area contributed by atoms with Crippen molar-refractivity contribution in [3.8, 4) is 0 Å². The van der Waals surface area contributed by atoms with E-state index in [0.717, 1.165) is 19.3 Å². The van der Waals surface area contributed by atoms with Crippen LogP contribution in [0.25, 0.3) is 10.8 Å². The Bertz CT molecular complexity index is 1090. The highest BCUT2D eigenvalue weighted by Crippen LogP contribution is 2.36. The summed E-state index contributed by atoms with van der Waals surface area (Å²) in [5.74, 6) is 0.513. The van der Waals surface area contributed by atoms with E-state index < -0.39 is 10.0 Å². The van der Waals surface area contributed by atoms with Crippen LogP contribution in [-0.2, 0) is 10.0 Å². The summed E-state index contributed by atoms with van der Waals surface area (Å²) in [6.45, 7) is 2.25. The molecule has 5 heteroatoms. The van der Waals surface area contributed by atoms with E-state index in [0.29, 0.717) is 23.7 Å². The van der Waals surface area contributed by atoms with Gasteiger partial charge in [-0.25, -0.2) is 8.42 Å². The van der Waals surface area contributed by atoms with Crippen molar-refractivity contribution in [2.45, 2.75) is 44.2 Å². The van der Waals surface area contributed by atoms with Crippen LogP contribution < -0.4 is 10.0 Å². The maximum atomic E-state index is 11.4. The fraction of sp³-hybridized carbons (Fsp3) is 0.333. The van der Waals surface area contributed by atoms with Gasteiger partial charge in [-0.3, -0.25) is 4.72 Å². The van der Waals surface area contributed by atoms with E-state index in [9.17, 15) is 8.42 Å². The Morgan fingerprint density at radius 1 is 0.931 bits per heavy atom. The third-order valence-corrected chi connectivity index (χ3v) is 6.50. The van der Waals surface area contributed by atoms with Crippen LogP contribution >= 0.6 is 0 Å². The molecule has 0 amide bonds. The largest absolute Gasteiger partial charge is 0.307 e. The van der Waals surface area contributed by atoms with E-state index in [1.807, 2.05) is 12.1 Å². The van der Waals surface area contributed by atoms with E-state index in [1.165, 1.54) is 28.2 Å². The third-order valence-electron chi connectivity index (χ3n) is 5.89. The number of sulfonamides is 1. The predicted octanol–water partition coefficient (Wildman–Crippen LogP) is 5.20. The fourth-order valence-corrected chi connectivity index (χ4v) is 5.11. The molecule has 3 atom stereocenters. The van der Waals surface area contributed by atoms with Crippen LogP contribution in [0.1, 0.15) is 49.3 Å². The Kier molecular flexibility index (Phi) is 5.61. The van der Waals surface area contributed by atoms with Crippen molar-refractivity contribution in [1.82, 2.24) is 5.32 Å². The maximum absolute atomic E-state index is 11.4. The first-order valence-electron chi connectivity index (χ1n) is 10.2. The first-order chi connectivity index (χ1) is 13.9. The Morgan fingerprint density at radius 2 is 1.66 bits per heavy atom. The normalized spacial score (nSPS) is 20.6. The van der Waals surface area contributed by atoms with E-state index in [1.54, 1.807) is 0 Å². The molecule has 2 N–H and O–H groups in total. The van der Waals surface area contributed by atoms with Gasteiger partial charge in [0.25, 0.3) is 0 Å². The molecule has 0 spiro atoms. The molecule has 0 bridgehead atoms. The molecule has 3 aromatic carbocycles. The van der Waals surface area contributed by atoms with Gasteiger partial charge in [0.05, 0.1) is 6.26 Å². The minimum absolute atomic E-state index is 0.297. The number of hydrogen-bond acceptors (Lipinski definition) is 3. The van der Waals surface area contributed by atoms with E-state index in [2.05, 4.69) is 71.6 Å². The Balaban J connectivity index is 1.41. The Labute approximate surface area is 173 Å². The molecule has 29 heavy (non-hydrogen) atoms. The monoisotopic (exact) mass is 408 g/mol. The average molecular weight is 409 g/mol.